The maximum absolute atomic E-state index is 10.7. The predicted molar refractivity (Wildman–Crippen MR) is 81.0 cm³/mol. The molecule has 2 aromatic carbocycles. The molecule has 20 heavy (non-hydrogen) atoms. The van der Waals surface area contributed by atoms with Gasteiger partial charge in [-0.05, 0) is 42.7 Å². The minimum atomic E-state index is -0.405. The fourth-order valence-corrected chi connectivity index (χ4v) is 2.14. The lowest BCUT2D eigenvalue weighted by Gasteiger charge is -2.10. The maximum atomic E-state index is 10.7. The van der Waals surface area contributed by atoms with Crippen LogP contribution in [0.2, 0.25) is 0 Å². The van der Waals surface area contributed by atoms with Crippen molar-refractivity contribution in [2.24, 2.45) is 0 Å². The van der Waals surface area contributed by atoms with Crippen molar-refractivity contribution in [3.8, 4) is 5.75 Å². The Morgan fingerprint density at radius 1 is 1.20 bits per heavy atom. The molecule has 2 rings (SSSR count). The van der Waals surface area contributed by atoms with Gasteiger partial charge in [0.05, 0.1) is 4.92 Å². The van der Waals surface area contributed by atoms with Crippen LogP contribution in [0.15, 0.2) is 40.9 Å². The van der Waals surface area contributed by atoms with Crippen LogP contribution in [0.25, 0.3) is 0 Å². The van der Waals surface area contributed by atoms with Crippen LogP contribution in [0.3, 0.4) is 0 Å². The van der Waals surface area contributed by atoms with Gasteiger partial charge in [-0.2, -0.15) is 0 Å². The average Bonchev–Trinajstić information content (AvgIpc) is 2.42. The Labute approximate surface area is 125 Å². The molecule has 0 aromatic heterocycles. The van der Waals surface area contributed by atoms with Crippen LogP contribution >= 0.6 is 15.9 Å². The minimum absolute atomic E-state index is 0.0780. The number of halogens is 1. The lowest BCUT2D eigenvalue weighted by atomic mass is 10.1. The summed E-state index contributed by atoms with van der Waals surface area (Å²) < 4.78 is 6.77. The molecule has 0 radical (unpaired) electrons. The van der Waals surface area contributed by atoms with E-state index < -0.39 is 4.92 Å². The predicted octanol–water partition coefficient (Wildman–Crippen LogP) is 4.55. The van der Waals surface area contributed by atoms with E-state index in [4.69, 9.17) is 4.74 Å². The van der Waals surface area contributed by atoms with Crippen molar-refractivity contribution in [2.45, 2.75) is 20.5 Å². The molecule has 0 aliphatic heterocycles. The Morgan fingerprint density at radius 2 is 1.85 bits per heavy atom. The summed E-state index contributed by atoms with van der Waals surface area (Å²) >= 11 is 3.50. The second-order valence-corrected chi connectivity index (χ2v) is 5.38. The van der Waals surface area contributed by atoms with Gasteiger partial charge >= 0.3 is 0 Å². The fourth-order valence-electron chi connectivity index (χ4n) is 1.92. The van der Waals surface area contributed by atoms with Crippen LogP contribution in [0.5, 0.6) is 5.75 Å². The average molecular weight is 336 g/mol. The molecule has 0 atom stereocenters. The first-order chi connectivity index (χ1) is 9.47. The van der Waals surface area contributed by atoms with Gasteiger partial charge in [-0.25, -0.2) is 0 Å². The van der Waals surface area contributed by atoms with E-state index in [0.29, 0.717) is 6.61 Å². The Morgan fingerprint density at radius 3 is 2.45 bits per heavy atom. The van der Waals surface area contributed by atoms with Gasteiger partial charge in [0.15, 0.2) is 0 Å². The molecule has 104 valence electrons. The van der Waals surface area contributed by atoms with Crippen molar-refractivity contribution in [3.63, 3.8) is 0 Å². The number of benzene rings is 2. The molecular formula is C15H14BrNO3. The number of hydrogen-bond donors (Lipinski definition) is 0. The molecule has 0 saturated carbocycles. The number of ether oxygens (including phenoxy) is 1. The molecule has 0 aliphatic carbocycles. The summed E-state index contributed by atoms with van der Waals surface area (Å²) in [6.07, 6.45) is 0. The normalized spacial score (nSPS) is 10.3. The highest BCUT2D eigenvalue weighted by Crippen LogP contribution is 2.27. The van der Waals surface area contributed by atoms with Gasteiger partial charge in [-0.3, -0.25) is 10.1 Å². The van der Waals surface area contributed by atoms with Crippen LogP contribution in [-0.4, -0.2) is 4.92 Å². The molecule has 4 nitrogen and oxygen atoms in total. The van der Waals surface area contributed by atoms with Gasteiger partial charge < -0.3 is 4.74 Å². The topological polar surface area (TPSA) is 52.4 Å². The zero-order valence-electron chi connectivity index (χ0n) is 11.2. The fraction of sp³-hybridized carbons (Fsp3) is 0.200. The summed E-state index contributed by atoms with van der Waals surface area (Å²) in [5, 5.41) is 10.7. The minimum Gasteiger partial charge on any atom is -0.489 e. The van der Waals surface area contributed by atoms with Crippen LogP contribution < -0.4 is 4.74 Å². The molecule has 0 N–H and O–H groups in total. The SMILES string of the molecule is Cc1cc(OCc2cccc([N+](=O)[O-])c2)cc(C)c1Br. The number of rotatable bonds is 4. The summed E-state index contributed by atoms with van der Waals surface area (Å²) in [5.41, 5.74) is 3.05. The molecule has 0 fully saturated rings. The van der Waals surface area contributed by atoms with Crippen LogP contribution in [0.1, 0.15) is 16.7 Å². The lowest BCUT2D eigenvalue weighted by molar-refractivity contribution is -0.384. The van der Waals surface area contributed by atoms with E-state index >= 15 is 0 Å². The third-order valence-electron chi connectivity index (χ3n) is 2.94. The van der Waals surface area contributed by atoms with Crippen molar-refractivity contribution in [2.75, 3.05) is 0 Å². The first-order valence-corrected chi connectivity index (χ1v) is 6.89. The summed E-state index contributed by atoms with van der Waals surface area (Å²) in [7, 11) is 0. The van der Waals surface area contributed by atoms with Crippen LogP contribution in [-0.2, 0) is 6.61 Å². The maximum Gasteiger partial charge on any atom is 0.269 e. The Balaban J connectivity index is 2.13. The summed E-state index contributed by atoms with van der Waals surface area (Å²) in [5.74, 6) is 0.759. The second kappa shape index (κ2) is 6.05. The van der Waals surface area contributed by atoms with E-state index in [-0.39, 0.29) is 5.69 Å². The molecule has 5 heteroatoms. The highest BCUT2D eigenvalue weighted by Gasteiger charge is 2.07. The first kappa shape index (κ1) is 14.5. The highest BCUT2D eigenvalue weighted by molar-refractivity contribution is 9.10. The number of nitro groups is 1. The van der Waals surface area contributed by atoms with Gasteiger partial charge in [0.1, 0.15) is 12.4 Å². The van der Waals surface area contributed by atoms with Gasteiger partial charge in [-0.15, -0.1) is 0 Å². The van der Waals surface area contributed by atoms with Crippen molar-refractivity contribution in [1.29, 1.82) is 0 Å². The number of hydrogen-bond acceptors (Lipinski definition) is 3. The number of aryl methyl sites for hydroxylation is 2. The molecule has 0 saturated heterocycles. The number of non-ortho nitro benzene ring substituents is 1. The van der Waals surface area contributed by atoms with Gasteiger partial charge in [0.25, 0.3) is 5.69 Å². The van der Waals surface area contributed by atoms with E-state index in [1.807, 2.05) is 32.0 Å². The smallest absolute Gasteiger partial charge is 0.269 e. The molecule has 0 amide bonds. The summed E-state index contributed by atoms with van der Waals surface area (Å²) in [6.45, 7) is 4.30. The Kier molecular flexibility index (Phi) is 4.39. The summed E-state index contributed by atoms with van der Waals surface area (Å²) in [4.78, 5) is 10.3. The third-order valence-corrected chi connectivity index (χ3v) is 4.19. The number of nitrogens with zero attached hydrogens (tertiary/aromatic N) is 1. The van der Waals surface area contributed by atoms with Crippen molar-refractivity contribution in [3.05, 3.63) is 67.7 Å². The molecular weight excluding hydrogens is 322 g/mol. The van der Waals surface area contributed by atoms with Crippen LogP contribution in [0, 0.1) is 24.0 Å². The molecule has 0 bridgehead atoms. The van der Waals surface area contributed by atoms with Crippen molar-refractivity contribution < 1.29 is 9.66 Å². The van der Waals surface area contributed by atoms with E-state index in [1.165, 1.54) is 12.1 Å². The molecule has 0 unspecified atom stereocenters. The van der Waals surface area contributed by atoms with Gasteiger partial charge in [-0.1, -0.05) is 28.1 Å². The Hall–Kier alpha value is -1.88. The zero-order chi connectivity index (χ0) is 14.7. The second-order valence-electron chi connectivity index (χ2n) is 4.59. The lowest BCUT2D eigenvalue weighted by Crippen LogP contribution is -1.98. The highest BCUT2D eigenvalue weighted by atomic mass is 79.9. The molecule has 0 spiro atoms. The molecule has 2 aromatic rings. The van der Waals surface area contributed by atoms with E-state index in [9.17, 15) is 10.1 Å². The van der Waals surface area contributed by atoms with Gasteiger partial charge in [0, 0.05) is 16.6 Å². The monoisotopic (exact) mass is 335 g/mol. The third kappa shape index (κ3) is 3.36. The quantitative estimate of drug-likeness (QED) is 0.608. The van der Waals surface area contributed by atoms with Crippen molar-refractivity contribution >= 4 is 21.6 Å². The molecule has 0 aliphatic rings. The number of nitro benzene ring substituents is 1. The van der Waals surface area contributed by atoms with E-state index in [1.54, 1.807) is 6.07 Å². The largest absolute Gasteiger partial charge is 0.489 e. The first-order valence-electron chi connectivity index (χ1n) is 6.10. The van der Waals surface area contributed by atoms with Crippen LogP contribution in [0.4, 0.5) is 5.69 Å². The zero-order valence-corrected chi connectivity index (χ0v) is 12.8. The standard InChI is InChI=1S/C15H14BrNO3/c1-10-6-14(7-11(2)15(10)16)20-9-12-4-3-5-13(8-12)17(18)19/h3-8H,9H2,1-2H3. The van der Waals surface area contributed by atoms with Gasteiger partial charge in [0.2, 0.25) is 0 Å². The summed E-state index contributed by atoms with van der Waals surface area (Å²) in [6, 6.07) is 10.3. The van der Waals surface area contributed by atoms with E-state index in [2.05, 4.69) is 15.9 Å². The van der Waals surface area contributed by atoms with E-state index in [0.717, 1.165) is 26.9 Å². The van der Waals surface area contributed by atoms with Crippen molar-refractivity contribution in [1.82, 2.24) is 0 Å². The molecule has 0 heterocycles. The Bertz CT molecular complexity index is 632.